The second-order valence-electron chi connectivity index (χ2n) is 17.9. The summed E-state index contributed by atoms with van der Waals surface area (Å²) in [6.45, 7) is 0. The van der Waals surface area contributed by atoms with Crippen LogP contribution in [-0.4, -0.2) is 9.97 Å². The number of nitrogens with zero attached hydrogens (tertiary/aromatic N) is 2. The Kier molecular flexibility index (Phi) is 8.62. The molecule has 14 rings (SSSR count). The lowest BCUT2D eigenvalue weighted by molar-refractivity contribution is 1.19. The maximum absolute atomic E-state index is 5.40. The fraction of sp³-hybridized carbons (Fsp3) is 0. The summed E-state index contributed by atoms with van der Waals surface area (Å²) in [7, 11) is 0. The van der Waals surface area contributed by atoms with E-state index in [0.29, 0.717) is 0 Å². The van der Waals surface area contributed by atoms with E-state index >= 15 is 0 Å². The minimum absolute atomic E-state index is 0.718. The van der Waals surface area contributed by atoms with Gasteiger partial charge in [0.05, 0.1) is 11.4 Å². The standard InChI is InChI=1S/C66H40N2/c1-4-16-41(17-5-1)48-24-10-12-26-50(48)52-36-34-45-35-37-55-59(51-27-13-11-25-49(51)42-18-6-2-7-19-42)40-58(54-39-38-53(52)61(45)62(54)55)43-30-32-47(33-31-43)66-67-64(46-20-8-3-9-21-46)63-56-28-14-22-44-23-15-29-57(60(44)56)65(63)68-66/h1-40H. The van der Waals surface area contributed by atoms with Gasteiger partial charge in [0, 0.05) is 22.3 Å². The van der Waals surface area contributed by atoms with E-state index in [4.69, 9.17) is 9.97 Å². The first-order valence-electron chi connectivity index (χ1n) is 23.4. The molecule has 0 saturated carbocycles. The topological polar surface area (TPSA) is 25.8 Å². The Bertz CT molecular complexity index is 4090. The Hall–Kier alpha value is -8.98. The zero-order chi connectivity index (χ0) is 44.7. The molecule has 13 aromatic rings. The van der Waals surface area contributed by atoms with Crippen LogP contribution in [0.5, 0.6) is 0 Å². The monoisotopic (exact) mass is 860 g/mol. The molecule has 1 heterocycles. The molecule has 314 valence electrons. The van der Waals surface area contributed by atoms with Crippen LogP contribution in [0.25, 0.3) is 144 Å². The third-order valence-electron chi connectivity index (χ3n) is 14.2. The summed E-state index contributed by atoms with van der Waals surface area (Å²) in [4.78, 5) is 10.8. The van der Waals surface area contributed by atoms with Crippen molar-refractivity contribution in [3.63, 3.8) is 0 Å². The number of hydrogen-bond donors (Lipinski definition) is 0. The number of aromatic nitrogens is 2. The maximum Gasteiger partial charge on any atom is 0.160 e. The number of rotatable bonds is 7. The summed E-state index contributed by atoms with van der Waals surface area (Å²) in [6.07, 6.45) is 0. The summed E-state index contributed by atoms with van der Waals surface area (Å²) in [5.41, 5.74) is 19.5. The van der Waals surface area contributed by atoms with E-state index in [2.05, 4.69) is 243 Å². The van der Waals surface area contributed by atoms with Crippen LogP contribution in [0.15, 0.2) is 243 Å². The van der Waals surface area contributed by atoms with Crippen LogP contribution >= 0.6 is 0 Å². The molecule has 12 aromatic carbocycles. The molecule has 1 aromatic heterocycles. The van der Waals surface area contributed by atoms with E-state index < -0.39 is 0 Å². The Morgan fingerprint density at radius 1 is 0.221 bits per heavy atom. The molecule has 0 N–H and O–H groups in total. The van der Waals surface area contributed by atoms with Crippen LogP contribution in [0.1, 0.15) is 0 Å². The summed E-state index contributed by atoms with van der Waals surface area (Å²) in [5.74, 6) is 0.718. The number of hydrogen-bond acceptors (Lipinski definition) is 2. The van der Waals surface area contributed by atoms with Gasteiger partial charge < -0.3 is 0 Å². The van der Waals surface area contributed by atoms with Crippen molar-refractivity contribution in [1.29, 1.82) is 0 Å². The highest BCUT2D eigenvalue weighted by molar-refractivity contribution is 6.30. The van der Waals surface area contributed by atoms with Gasteiger partial charge in [0.1, 0.15) is 0 Å². The highest BCUT2D eigenvalue weighted by Gasteiger charge is 2.28. The van der Waals surface area contributed by atoms with Crippen LogP contribution in [0, 0.1) is 0 Å². The normalized spacial score (nSPS) is 11.8. The van der Waals surface area contributed by atoms with E-state index in [1.807, 2.05) is 0 Å². The number of benzene rings is 12. The van der Waals surface area contributed by atoms with Crippen LogP contribution in [0.2, 0.25) is 0 Å². The van der Waals surface area contributed by atoms with Gasteiger partial charge >= 0.3 is 0 Å². The largest absolute Gasteiger partial charge is 0.227 e. The summed E-state index contributed by atoms with van der Waals surface area (Å²) >= 11 is 0. The predicted octanol–water partition coefficient (Wildman–Crippen LogP) is 17.8. The quantitative estimate of drug-likeness (QED) is 0.149. The van der Waals surface area contributed by atoms with Gasteiger partial charge in [-0.1, -0.05) is 237 Å². The Morgan fingerprint density at radius 2 is 0.676 bits per heavy atom. The first-order valence-corrected chi connectivity index (χ1v) is 23.4. The van der Waals surface area contributed by atoms with Crippen LogP contribution < -0.4 is 0 Å². The first kappa shape index (κ1) is 38.3. The van der Waals surface area contributed by atoms with Crippen molar-refractivity contribution in [3.05, 3.63) is 243 Å². The third kappa shape index (κ3) is 5.91. The Labute approximate surface area is 394 Å². The first-order chi connectivity index (χ1) is 33.7. The lowest BCUT2D eigenvalue weighted by atomic mass is 9.82. The molecule has 0 unspecified atom stereocenters. The van der Waals surface area contributed by atoms with E-state index in [-0.39, 0.29) is 0 Å². The predicted molar refractivity (Wildman–Crippen MR) is 286 cm³/mol. The fourth-order valence-electron chi connectivity index (χ4n) is 11.2. The molecule has 0 bridgehead atoms. The summed E-state index contributed by atoms with van der Waals surface area (Å²) in [5, 5.41) is 9.98. The van der Waals surface area contributed by atoms with Gasteiger partial charge in [-0.2, -0.15) is 0 Å². The van der Waals surface area contributed by atoms with Gasteiger partial charge in [-0.15, -0.1) is 0 Å². The van der Waals surface area contributed by atoms with Crippen molar-refractivity contribution in [2.24, 2.45) is 0 Å². The maximum atomic E-state index is 5.40. The van der Waals surface area contributed by atoms with E-state index in [9.17, 15) is 0 Å². The Balaban J connectivity index is 0.989. The van der Waals surface area contributed by atoms with Gasteiger partial charge in [-0.3, -0.25) is 0 Å². The van der Waals surface area contributed by atoms with Crippen molar-refractivity contribution in [2.45, 2.75) is 0 Å². The molecule has 2 heteroatoms. The Morgan fingerprint density at radius 3 is 1.34 bits per heavy atom. The van der Waals surface area contributed by atoms with Crippen molar-refractivity contribution >= 4 is 43.1 Å². The fourth-order valence-corrected chi connectivity index (χ4v) is 11.2. The SMILES string of the molecule is c1ccc(-c2ccccc2-c2ccc3ccc4c(-c5ccccc5-c5ccccc5)cc(-c5ccc(-c6nc(-c7ccccc7)c7c(n6)-c6cccc8cccc-7c68)cc5)c5ccc2c3c54)cc1. The van der Waals surface area contributed by atoms with Crippen molar-refractivity contribution in [2.75, 3.05) is 0 Å². The molecule has 0 fully saturated rings. The minimum Gasteiger partial charge on any atom is -0.227 e. The lowest BCUT2D eigenvalue weighted by Crippen LogP contribution is -1.98. The summed E-state index contributed by atoms with van der Waals surface area (Å²) < 4.78 is 0. The molecule has 0 saturated heterocycles. The van der Waals surface area contributed by atoms with Gasteiger partial charge in [-0.05, 0) is 110 Å². The molecule has 1 aliphatic carbocycles. The molecule has 0 radical (unpaired) electrons. The molecule has 0 atom stereocenters. The molecule has 68 heavy (non-hydrogen) atoms. The van der Waals surface area contributed by atoms with Crippen LogP contribution in [0.4, 0.5) is 0 Å². The smallest absolute Gasteiger partial charge is 0.160 e. The molecular formula is C66H40N2. The number of fused-ring (bicyclic) bond motifs is 3. The van der Waals surface area contributed by atoms with Gasteiger partial charge in [0.15, 0.2) is 5.82 Å². The molecular weight excluding hydrogens is 821 g/mol. The van der Waals surface area contributed by atoms with E-state index in [1.165, 1.54) is 98.7 Å². The van der Waals surface area contributed by atoms with Crippen LogP contribution in [0.3, 0.4) is 0 Å². The molecule has 2 nitrogen and oxygen atoms in total. The lowest BCUT2D eigenvalue weighted by Gasteiger charge is -2.21. The minimum atomic E-state index is 0.718. The second kappa shape index (κ2) is 15.3. The highest BCUT2D eigenvalue weighted by Crippen LogP contribution is 2.51. The zero-order valence-corrected chi connectivity index (χ0v) is 37.0. The molecule has 0 spiro atoms. The molecule has 1 aliphatic rings. The third-order valence-corrected chi connectivity index (χ3v) is 14.2. The average molecular weight is 861 g/mol. The zero-order valence-electron chi connectivity index (χ0n) is 37.0. The van der Waals surface area contributed by atoms with Crippen molar-refractivity contribution in [1.82, 2.24) is 9.97 Å². The van der Waals surface area contributed by atoms with Gasteiger partial charge in [0.2, 0.25) is 0 Å². The van der Waals surface area contributed by atoms with Crippen molar-refractivity contribution in [3.8, 4) is 101 Å². The van der Waals surface area contributed by atoms with E-state index in [1.54, 1.807) is 0 Å². The van der Waals surface area contributed by atoms with E-state index in [0.717, 1.165) is 45.0 Å². The van der Waals surface area contributed by atoms with Crippen LogP contribution in [-0.2, 0) is 0 Å². The molecule has 0 aliphatic heterocycles. The average Bonchev–Trinajstić information content (AvgIpc) is 3.75. The van der Waals surface area contributed by atoms with Crippen molar-refractivity contribution < 1.29 is 0 Å². The van der Waals surface area contributed by atoms with Gasteiger partial charge in [-0.25, -0.2) is 9.97 Å². The summed E-state index contributed by atoms with van der Waals surface area (Å²) in [6, 6.07) is 88.3. The van der Waals surface area contributed by atoms with Gasteiger partial charge in [0.25, 0.3) is 0 Å². The second-order valence-corrected chi connectivity index (χ2v) is 17.9. The highest BCUT2D eigenvalue weighted by atomic mass is 14.9. The molecule has 0 amide bonds.